The Morgan fingerprint density at radius 1 is 0.487 bits per heavy atom. The van der Waals surface area contributed by atoms with Gasteiger partial charge in [0.15, 0.2) is 11.6 Å². The molecule has 20 heteroatoms. The molecule has 0 N–H and O–H groups in total. The molecule has 2 fully saturated rings. The van der Waals surface area contributed by atoms with Crippen molar-refractivity contribution in [2.75, 3.05) is 75.2 Å². The third kappa shape index (κ3) is 13.8. The molecule has 2 saturated heterocycles. The van der Waals surface area contributed by atoms with Gasteiger partial charge in [-0.3, -0.25) is 18.2 Å². The number of piperidine rings is 2. The minimum Gasteiger partial charge on any atom is -0.495 e. The summed E-state index contributed by atoms with van der Waals surface area (Å²) >= 11 is 0. The highest BCUT2D eigenvalue weighted by molar-refractivity contribution is 7.93. The fourth-order valence-corrected chi connectivity index (χ4v) is 12.5. The molecule has 0 atom stereocenters. The van der Waals surface area contributed by atoms with Gasteiger partial charge >= 0.3 is 11.9 Å². The smallest absolute Gasteiger partial charge is 0.417 e. The summed E-state index contributed by atoms with van der Waals surface area (Å²) in [5.74, 6) is -3.29. The van der Waals surface area contributed by atoms with Crippen molar-refractivity contribution in [1.82, 2.24) is 9.80 Å². The van der Waals surface area contributed by atoms with Crippen LogP contribution < -0.4 is 18.1 Å². The highest BCUT2D eigenvalue weighted by atomic mass is 32.2. The van der Waals surface area contributed by atoms with E-state index in [4.69, 9.17) is 18.9 Å². The largest absolute Gasteiger partial charge is 0.495 e. The second kappa shape index (κ2) is 25.8. The van der Waals surface area contributed by atoms with Crippen LogP contribution in [0.1, 0.15) is 57.5 Å². The molecular weight excluding hydrogens is 1050 g/mol. The second-order valence-electron chi connectivity index (χ2n) is 18.9. The number of sulfonamides is 2. The van der Waals surface area contributed by atoms with E-state index in [1.807, 2.05) is 0 Å². The molecule has 410 valence electrons. The minimum atomic E-state index is -4.19. The van der Waals surface area contributed by atoms with Crippen molar-refractivity contribution in [2.45, 2.75) is 48.7 Å². The number of ether oxygens (including phenoxy) is 4. The lowest BCUT2D eigenvalue weighted by molar-refractivity contribution is -0.169. The molecule has 0 spiro atoms. The first-order valence-electron chi connectivity index (χ1n) is 25.4. The number of carbonyl (C=O) groups excluding carboxylic acids is 4. The van der Waals surface area contributed by atoms with Gasteiger partial charge in [-0.15, -0.1) is 0 Å². The van der Waals surface area contributed by atoms with E-state index >= 15 is 0 Å². The molecule has 0 aliphatic carbocycles. The van der Waals surface area contributed by atoms with E-state index in [1.54, 1.807) is 48.5 Å². The van der Waals surface area contributed by atoms with Gasteiger partial charge in [-0.05, 0) is 160 Å². The van der Waals surface area contributed by atoms with Crippen molar-refractivity contribution in [2.24, 2.45) is 11.8 Å². The van der Waals surface area contributed by atoms with Crippen LogP contribution in [-0.4, -0.2) is 117 Å². The first-order chi connectivity index (χ1) is 37.5. The lowest BCUT2D eigenvalue weighted by Gasteiger charge is -2.33. The maximum absolute atomic E-state index is 14.4. The summed E-state index contributed by atoms with van der Waals surface area (Å²) in [5.41, 5.74) is 2.34. The zero-order chi connectivity index (χ0) is 55.4. The predicted octanol–water partition coefficient (Wildman–Crippen LogP) is 8.35. The topological polar surface area (TPSA) is 186 Å². The summed E-state index contributed by atoms with van der Waals surface area (Å²) in [4.78, 5) is 55.8. The molecule has 0 radical (unpaired) electrons. The van der Waals surface area contributed by atoms with Gasteiger partial charge in [0.1, 0.15) is 36.3 Å². The van der Waals surface area contributed by atoms with Crippen molar-refractivity contribution >= 4 is 54.9 Å². The molecule has 2 aliphatic heterocycles. The summed E-state index contributed by atoms with van der Waals surface area (Å²) in [7, 11) is -5.49. The molecule has 2 aliphatic rings. The normalized spacial score (nSPS) is 14.8. The summed E-state index contributed by atoms with van der Waals surface area (Å²) in [6.07, 6.45) is 2.26. The van der Waals surface area contributed by atoms with Crippen molar-refractivity contribution in [1.29, 1.82) is 0 Å². The standard InChI is InChI=1S/C58H60F2N4O12S2/c1-73-53-9-5-3-7-51(53)63(37-35-61-31-27-45(28-32-61)55(65)43-15-19-47(59)20-16-43)77(69,70)49-23-11-41(12-24-49)39-75-57(67)58(68)76-40-42-13-25-50(26-14-42)78(71,72)64(52-8-4-6-10-54(52)74-2)38-36-62-33-29-46(30-34-62)56(66)44-17-21-48(60)22-18-44/h3-26,45-46H,27-40H2,1-2H3. The fourth-order valence-electron chi connectivity index (χ4n) is 9.60. The molecule has 0 unspecified atom stereocenters. The third-order valence-corrected chi connectivity index (χ3v) is 17.7. The Kier molecular flexibility index (Phi) is 18.7. The molecule has 0 amide bonds. The molecule has 8 rings (SSSR count). The highest BCUT2D eigenvalue weighted by Gasteiger charge is 2.33. The Bertz CT molecular complexity index is 3060. The van der Waals surface area contributed by atoms with Crippen molar-refractivity contribution in [3.8, 4) is 11.5 Å². The van der Waals surface area contributed by atoms with Crippen LogP contribution in [-0.2, 0) is 52.3 Å². The quantitative estimate of drug-likeness (QED) is 0.0359. The average Bonchev–Trinajstić information content (AvgIpc) is 3.52. The number of carbonyl (C=O) groups is 4. The number of benzene rings is 6. The van der Waals surface area contributed by atoms with Crippen LogP contribution in [0.2, 0.25) is 0 Å². The number of methoxy groups -OCH3 is 2. The van der Waals surface area contributed by atoms with Crippen LogP contribution >= 0.6 is 0 Å². The SMILES string of the molecule is COc1ccccc1N(CCN1CCC(C(=O)c2ccc(F)cc2)CC1)S(=O)(=O)c1ccc(COC(=O)C(=O)OCc2ccc(S(=O)(=O)N(CCN3CCC(C(=O)c4ccc(F)cc4)CC3)c3ccccc3OC)cc2)cc1. The van der Waals surface area contributed by atoms with Gasteiger partial charge in [-0.2, -0.15) is 0 Å². The van der Waals surface area contributed by atoms with Crippen molar-refractivity contribution in [3.05, 3.63) is 179 Å². The van der Waals surface area contributed by atoms with Crippen LogP contribution in [0.4, 0.5) is 20.2 Å². The second-order valence-corrected chi connectivity index (χ2v) is 22.6. The van der Waals surface area contributed by atoms with Gasteiger partial charge in [-0.25, -0.2) is 35.2 Å². The van der Waals surface area contributed by atoms with Gasteiger partial charge in [-0.1, -0.05) is 48.5 Å². The van der Waals surface area contributed by atoms with Crippen molar-refractivity contribution < 1.29 is 63.7 Å². The molecule has 0 aromatic heterocycles. The number of esters is 2. The predicted molar refractivity (Wildman–Crippen MR) is 287 cm³/mol. The zero-order valence-corrected chi connectivity index (χ0v) is 44.8. The molecule has 6 aromatic rings. The third-order valence-electron chi connectivity index (χ3n) is 14.0. The number of likely N-dealkylation sites (tertiary alicyclic amines) is 2. The number of ketones is 2. The van der Waals surface area contributed by atoms with Gasteiger partial charge in [0, 0.05) is 49.1 Å². The number of rotatable bonds is 22. The van der Waals surface area contributed by atoms with Gasteiger partial charge in [0.2, 0.25) is 0 Å². The van der Waals surface area contributed by atoms with E-state index in [-0.39, 0.29) is 59.5 Å². The van der Waals surface area contributed by atoms with E-state index in [0.29, 0.717) is 110 Å². The first kappa shape index (κ1) is 56.7. The molecule has 78 heavy (non-hydrogen) atoms. The number of hydrogen-bond acceptors (Lipinski definition) is 14. The van der Waals surface area contributed by atoms with Crippen molar-refractivity contribution in [3.63, 3.8) is 0 Å². The molecular formula is C58H60F2N4O12S2. The van der Waals surface area contributed by atoms with E-state index in [0.717, 1.165) is 0 Å². The van der Waals surface area contributed by atoms with Crippen LogP contribution in [0.3, 0.4) is 0 Å². The Hall–Kier alpha value is -7.52. The summed E-state index contributed by atoms with van der Waals surface area (Å²) in [6, 6.07) is 35.9. The minimum absolute atomic E-state index is 0.0443. The Labute approximate surface area is 453 Å². The van der Waals surface area contributed by atoms with Gasteiger partial charge in [0.25, 0.3) is 20.0 Å². The number of Topliss-reactive ketones (excluding diaryl/α,β-unsaturated/α-hetero) is 2. The highest BCUT2D eigenvalue weighted by Crippen LogP contribution is 2.35. The maximum atomic E-state index is 14.4. The molecule has 2 heterocycles. The first-order valence-corrected chi connectivity index (χ1v) is 28.3. The Balaban J connectivity index is 0.836. The van der Waals surface area contributed by atoms with Gasteiger partial charge in [0.05, 0.1) is 35.4 Å². The van der Waals surface area contributed by atoms with E-state index in [2.05, 4.69) is 9.80 Å². The lowest BCUT2D eigenvalue weighted by Crippen LogP contribution is -2.43. The summed E-state index contributed by atoms with van der Waals surface area (Å²) in [6.45, 7) is 2.29. The monoisotopic (exact) mass is 1110 g/mol. The fraction of sp³-hybridized carbons (Fsp3) is 0.310. The number of hydrogen-bond donors (Lipinski definition) is 0. The van der Waals surface area contributed by atoms with E-state index < -0.39 is 43.6 Å². The molecule has 16 nitrogen and oxygen atoms in total. The maximum Gasteiger partial charge on any atom is 0.417 e. The number of halogens is 2. The Morgan fingerprint density at radius 2 is 0.821 bits per heavy atom. The summed E-state index contributed by atoms with van der Waals surface area (Å²) < 4.78 is 108. The van der Waals surface area contributed by atoms with Crippen LogP contribution in [0, 0.1) is 23.5 Å². The molecule has 0 saturated carbocycles. The van der Waals surface area contributed by atoms with E-state index in [1.165, 1.54) is 120 Å². The summed E-state index contributed by atoms with van der Waals surface area (Å²) in [5, 5.41) is 0. The average molecular weight is 1110 g/mol. The van der Waals surface area contributed by atoms with Crippen LogP contribution in [0.25, 0.3) is 0 Å². The van der Waals surface area contributed by atoms with Crippen LogP contribution in [0.5, 0.6) is 11.5 Å². The number of anilines is 2. The number of nitrogens with zero attached hydrogens (tertiary/aromatic N) is 4. The Morgan fingerprint density at radius 3 is 1.15 bits per heavy atom. The molecule has 0 bridgehead atoms. The zero-order valence-electron chi connectivity index (χ0n) is 43.2. The van der Waals surface area contributed by atoms with Gasteiger partial charge < -0.3 is 28.7 Å². The van der Waals surface area contributed by atoms with E-state index in [9.17, 15) is 44.8 Å². The number of para-hydroxylation sites is 4. The lowest BCUT2D eigenvalue weighted by atomic mass is 9.89. The molecule has 6 aromatic carbocycles. The van der Waals surface area contributed by atoms with Crippen LogP contribution in [0.15, 0.2) is 155 Å².